The minimum absolute atomic E-state index is 0.0924. The molecule has 132 valence electrons. The first kappa shape index (κ1) is 17.4. The molecule has 0 saturated heterocycles. The van der Waals surface area contributed by atoms with E-state index in [0.717, 1.165) is 43.4 Å². The van der Waals surface area contributed by atoms with Crippen LogP contribution in [0.2, 0.25) is 0 Å². The summed E-state index contributed by atoms with van der Waals surface area (Å²) in [5, 5.41) is 18.4. The summed E-state index contributed by atoms with van der Waals surface area (Å²) in [6, 6.07) is 3.89. The number of nitrogens with one attached hydrogen (secondary N) is 2. The summed E-state index contributed by atoms with van der Waals surface area (Å²) in [6.45, 7) is 0.0924. The summed E-state index contributed by atoms with van der Waals surface area (Å²) >= 11 is 1.49. The van der Waals surface area contributed by atoms with Crippen molar-refractivity contribution in [2.24, 2.45) is 5.92 Å². The van der Waals surface area contributed by atoms with Gasteiger partial charge in [-0.05, 0) is 43.0 Å². The molecule has 0 aliphatic heterocycles. The van der Waals surface area contributed by atoms with E-state index in [1.54, 1.807) is 0 Å². The van der Waals surface area contributed by atoms with E-state index in [1.807, 2.05) is 17.5 Å². The smallest absolute Gasteiger partial charge is 0.309 e. The number of hydrogen-bond donors (Lipinski definition) is 3. The Morgan fingerprint density at radius 3 is 2.42 bits per heavy atom. The van der Waals surface area contributed by atoms with Crippen molar-refractivity contribution in [2.45, 2.75) is 63.0 Å². The quantitative estimate of drug-likeness (QED) is 0.563. The van der Waals surface area contributed by atoms with E-state index in [-0.39, 0.29) is 18.5 Å². The fraction of sp³-hybridized carbons (Fsp3) is 0.667. The van der Waals surface area contributed by atoms with E-state index in [9.17, 15) is 14.7 Å². The van der Waals surface area contributed by atoms with Crippen LogP contribution in [0.15, 0.2) is 17.5 Å². The monoisotopic (exact) mass is 350 g/mol. The number of thiophene rings is 1. The SMILES string of the molecule is O=C(NCC(O)(c1cccs1)C1CC1)C(=O)NC1CCCCCC1. The second-order valence-corrected chi connectivity index (χ2v) is 7.97. The Bertz CT molecular complexity index is 563. The molecule has 0 radical (unpaired) electrons. The van der Waals surface area contributed by atoms with Gasteiger partial charge in [-0.1, -0.05) is 31.7 Å². The number of hydrogen-bond acceptors (Lipinski definition) is 4. The molecule has 2 aliphatic carbocycles. The minimum Gasteiger partial charge on any atom is -0.382 e. The van der Waals surface area contributed by atoms with Crippen LogP contribution in [-0.4, -0.2) is 29.5 Å². The molecule has 0 bridgehead atoms. The fourth-order valence-corrected chi connectivity index (χ4v) is 4.39. The van der Waals surface area contributed by atoms with Crippen molar-refractivity contribution in [1.29, 1.82) is 0 Å². The Labute approximate surface area is 146 Å². The summed E-state index contributed by atoms with van der Waals surface area (Å²) in [7, 11) is 0. The minimum atomic E-state index is -1.05. The molecule has 1 atom stereocenters. The maximum absolute atomic E-state index is 12.1. The van der Waals surface area contributed by atoms with Gasteiger partial charge in [-0.25, -0.2) is 0 Å². The molecule has 0 aromatic carbocycles. The van der Waals surface area contributed by atoms with Crippen LogP contribution in [-0.2, 0) is 15.2 Å². The van der Waals surface area contributed by atoms with E-state index in [1.165, 1.54) is 24.2 Å². The van der Waals surface area contributed by atoms with Gasteiger partial charge in [0.15, 0.2) is 0 Å². The van der Waals surface area contributed by atoms with E-state index < -0.39 is 17.4 Å². The number of carbonyl (C=O) groups is 2. The molecule has 0 spiro atoms. The van der Waals surface area contributed by atoms with Crippen molar-refractivity contribution in [3.63, 3.8) is 0 Å². The lowest BCUT2D eigenvalue weighted by atomic mass is 9.95. The molecule has 3 rings (SSSR count). The summed E-state index contributed by atoms with van der Waals surface area (Å²) < 4.78 is 0. The van der Waals surface area contributed by atoms with E-state index in [4.69, 9.17) is 0 Å². The lowest BCUT2D eigenvalue weighted by Gasteiger charge is -2.27. The van der Waals surface area contributed by atoms with Crippen molar-refractivity contribution in [1.82, 2.24) is 10.6 Å². The highest BCUT2D eigenvalue weighted by Crippen LogP contribution is 2.46. The predicted molar refractivity (Wildman–Crippen MR) is 93.6 cm³/mol. The van der Waals surface area contributed by atoms with Crippen LogP contribution in [0.5, 0.6) is 0 Å². The van der Waals surface area contributed by atoms with Crippen molar-refractivity contribution in [3.8, 4) is 0 Å². The van der Waals surface area contributed by atoms with Gasteiger partial charge in [0.2, 0.25) is 0 Å². The van der Waals surface area contributed by atoms with Gasteiger partial charge in [0.05, 0.1) is 6.54 Å². The molecule has 1 aromatic rings. The molecule has 3 N–H and O–H groups in total. The van der Waals surface area contributed by atoms with E-state index in [2.05, 4.69) is 10.6 Å². The highest BCUT2D eigenvalue weighted by molar-refractivity contribution is 7.10. The van der Waals surface area contributed by atoms with Gasteiger partial charge in [0.25, 0.3) is 0 Å². The van der Waals surface area contributed by atoms with Gasteiger partial charge in [0.1, 0.15) is 5.60 Å². The van der Waals surface area contributed by atoms with Crippen LogP contribution >= 0.6 is 11.3 Å². The second kappa shape index (κ2) is 7.66. The van der Waals surface area contributed by atoms with Crippen molar-refractivity contribution >= 4 is 23.2 Å². The molecule has 1 heterocycles. The third-order valence-electron chi connectivity index (χ3n) is 5.12. The Hall–Kier alpha value is -1.40. The van der Waals surface area contributed by atoms with Gasteiger partial charge in [-0.2, -0.15) is 0 Å². The zero-order chi connectivity index (χ0) is 17.0. The molecular weight excluding hydrogens is 324 g/mol. The Kier molecular flexibility index (Phi) is 5.56. The topological polar surface area (TPSA) is 78.4 Å². The molecule has 24 heavy (non-hydrogen) atoms. The average Bonchev–Trinajstić information content (AvgIpc) is 3.35. The molecule has 1 unspecified atom stereocenters. The zero-order valence-corrected chi connectivity index (χ0v) is 14.7. The van der Waals surface area contributed by atoms with Crippen molar-refractivity contribution < 1.29 is 14.7 Å². The van der Waals surface area contributed by atoms with Gasteiger partial charge in [-0.3, -0.25) is 9.59 Å². The van der Waals surface area contributed by atoms with Gasteiger partial charge in [-0.15, -0.1) is 11.3 Å². The zero-order valence-electron chi connectivity index (χ0n) is 13.9. The molecular formula is C18H26N2O3S. The number of carbonyl (C=O) groups excluding carboxylic acids is 2. The second-order valence-electron chi connectivity index (χ2n) is 7.02. The molecule has 2 fully saturated rings. The normalized spacial score (nSPS) is 21.5. The summed E-state index contributed by atoms with van der Waals surface area (Å²) in [5.41, 5.74) is -1.05. The number of amides is 2. The van der Waals surface area contributed by atoms with E-state index >= 15 is 0 Å². The van der Waals surface area contributed by atoms with Crippen LogP contribution in [0.25, 0.3) is 0 Å². The number of aliphatic hydroxyl groups is 1. The lowest BCUT2D eigenvalue weighted by Crippen LogP contribution is -2.49. The third kappa shape index (κ3) is 4.16. The summed E-state index contributed by atoms with van der Waals surface area (Å²) in [5.74, 6) is -1.05. The largest absolute Gasteiger partial charge is 0.382 e. The summed E-state index contributed by atoms with van der Waals surface area (Å²) in [6.07, 6.45) is 8.41. The van der Waals surface area contributed by atoms with Crippen LogP contribution in [0.3, 0.4) is 0 Å². The predicted octanol–water partition coefficient (Wildman–Crippen LogP) is 2.30. The fourth-order valence-electron chi connectivity index (χ4n) is 3.49. The first-order valence-electron chi connectivity index (χ1n) is 8.94. The third-order valence-corrected chi connectivity index (χ3v) is 6.15. The molecule has 2 saturated carbocycles. The Morgan fingerprint density at radius 1 is 1.12 bits per heavy atom. The van der Waals surface area contributed by atoms with Crippen molar-refractivity contribution in [3.05, 3.63) is 22.4 Å². The molecule has 1 aromatic heterocycles. The molecule has 5 nitrogen and oxygen atoms in total. The molecule has 6 heteroatoms. The van der Waals surface area contributed by atoms with Gasteiger partial charge < -0.3 is 15.7 Å². The standard InChI is InChI=1S/C18H26N2O3S/c21-16(17(22)20-14-6-3-1-2-4-7-14)19-12-18(23,13-9-10-13)15-8-5-11-24-15/h5,8,11,13-14,23H,1-4,6-7,9-10,12H2,(H,19,21)(H,20,22). The first-order chi connectivity index (χ1) is 11.6. The van der Waals surface area contributed by atoms with Crippen LogP contribution in [0.4, 0.5) is 0 Å². The lowest BCUT2D eigenvalue weighted by molar-refractivity contribution is -0.140. The molecule has 2 amide bonds. The van der Waals surface area contributed by atoms with Crippen LogP contribution in [0.1, 0.15) is 56.2 Å². The Balaban J connectivity index is 1.53. The van der Waals surface area contributed by atoms with Gasteiger partial charge >= 0.3 is 11.8 Å². The molecule has 2 aliphatic rings. The maximum atomic E-state index is 12.1. The first-order valence-corrected chi connectivity index (χ1v) is 9.82. The highest BCUT2D eigenvalue weighted by atomic mass is 32.1. The van der Waals surface area contributed by atoms with Gasteiger partial charge in [0, 0.05) is 10.9 Å². The Morgan fingerprint density at radius 2 is 1.83 bits per heavy atom. The maximum Gasteiger partial charge on any atom is 0.309 e. The van der Waals surface area contributed by atoms with Crippen LogP contribution in [0, 0.1) is 5.92 Å². The average molecular weight is 350 g/mol. The van der Waals surface area contributed by atoms with E-state index in [0.29, 0.717) is 0 Å². The van der Waals surface area contributed by atoms with Crippen LogP contribution < -0.4 is 10.6 Å². The number of rotatable bonds is 5. The van der Waals surface area contributed by atoms with Crippen molar-refractivity contribution in [2.75, 3.05) is 6.54 Å². The summed E-state index contributed by atoms with van der Waals surface area (Å²) in [4.78, 5) is 25.1. The highest BCUT2D eigenvalue weighted by Gasteiger charge is 2.46.